The van der Waals surface area contributed by atoms with Gasteiger partial charge in [-0.2, -0.15) is 0 Å². The van der Waals surface area contributed by atoms with Crippen molar-refractivity contribution >= 4 is 71.2 Å². The lowest BCUT2D eigenvalue weighted by molar-refractivity contribution is 1.19. The molecule has 0 amide bonds. The van der Waals surface area contributed by atoms with Crippen LogP contribution in [0.1, 0.15) is 0 Å². The Morgan fingerprint density at radius 1 is 0.274 bits per heavy atom. The maximum Gasteiger partial charge on any atom is 0.0626 e. The van der Waals surface area contributed by atoms with Crippen LogP contribution in [0.4, 0.5) is 17.1 Å². The van der Waals surface area contributed by atoms with Crippen LogP contribution in [0.2, 0.25) is 0 Å². The van der Waals surface area contributed by atoms with Crippen LogP contribution in [0.15, 0.2) is 243 Å². The van der Waals surface area contributed by atoms with Gasteiger partial charge in [-0.3, -0.25) is 0 Å². The van der Waals surface area contributed by atoms with Crippen molar-refractivity contribution in [1.82, 2.24) is 4.57 Å². The average Bonchev–Trinajstić information content (AvgIpc) is 3.71. The largest absolute Gasteiger partial charge is 0.311 e. The second-order valence-corrected chi connectivity index (χ2v) is 16.1. The minimum atomic E-state index is 1.10. The molecule has 2 nitrogen and oxygen atoms in total. The van der Waals surface area contributed by atoms with Crippen LogP contribution in [0.5, 0.6) is 0 Å². The normalized spacial score (nSPS) is 11.5. The van der Waals surface area contributed by atoms with Gasteiger partial charge >= 0.3 is 0 Å². The fourth-order valence-corrected chi connectivity index (χ4v) is 9.72. The Bertz CT molecular complexity index is 3570. The van der Waals surface area contributed by atoms with Crippen LogP contribution in [0.3, 0.4) is 0 Å². The van der Waals surface area contributed by atoms with Gasteiger partial charge in [-0.25, -0.2) is 0 Å². The molecule has 0 radical (unpaired) electrons. The Labute approximate surface area is 360 Å². The molecule has 0 aliphatic heterocycles. The zero-order valence-corrected chi connectivity index (χ0v) is 34.0. The van der Waals surface area contributed by atoms with Gasteiger partial charge in [0, 0.05) is 44.3 Å². The number of hydrogen-bond acceptors (Lipinski definition) is 1. The number of para-hydroxylation sites is 3. The number of anilines is 3. The van der Waals surface area contributed by atoms with E-state index in [0.717, 1.165) is 17.1 Å². The van der Waals surface area contributed by atoms with Crippen LogP contribution < -0.4 is 4.90 Å². The van der Waals surface area contributed by atoms with Crippen molar-refractivity contribution in [1.29, 1.82) is 0 Å². The highest BCUT2D eigenvalue weighted by molar-refractivity contribution is 6.38. The molecule has 0 fully saturated rings. The van der Waals surface area contributed by atoms with Crippen molar-refractivity contribution in [3.63, 3.8) is 0 Å². The van der Waals surface area contributed by atoms with Gasteiger partial charge in [0.1, 0.15) is 0 Å². The number of hydrogen-bond donors (Lipinski definition) is 0. The summed E-state index contributed by atoms with van der Waals surface area (Å²) in [5, 5.41) is 10.1. The molecule has 2 heteroatoms. The third kappa shape index (κ3) is 5.88. The van der Waals surface area contributed by atoms with Gasteiger partial charge in [0.15, 0.2) is 0 Å². The fraction of sp³-hybridized carbons (Fsp3) is 0. The van der Waals surface area contributed by atoms with Gasteiger partial charge in [0.25, 0.3) is 0 Å². The Kier molecular flexibility index (Phi) is 8.53. The molecule has 0 unspecified atom stereocenters. The fourth-order valence-electron chi connectivity index (χ4n) is 9.72. The van der Waals surface area contributed by atoms with Crippen LogP contribution in [-0.2, 0) is 0 Å². The molecule has 0 saturated heterocycles. The van der Waals surface area contributed by atoms with E-state index in [-0.39, 0.29) is 0 Å². The first kappa shape index (κ1) is 35.7. The highest BCUT2D eigenvalue weighted by Crippen LogP contribution is 2.47. The van der Waals surface area contributed by atoms with Gasteiger partial charge in [-0.05, 0) is 116 Å². The van der Waals surface area contributed by atoms with E-state index in [1.165, 1.54) is 93.2 Å². The molecule has 12 aromatic rings. The Hall–Kier alpha value is -8.20. The first-order valence-electron chi connectivity index (χ1n) is 21.3. The molecule has 0 saturated carbocycles. The molecule has 11 aromatic carbocycles. The highest BCUT2D eigenvalue weighted by Gasteiger charge is 2.22. The summed E-state index contributed by atoms with van der Waals surface area (Å²) in [6.45, 7) is 0. The third-order valence-electron chi connectivity index (χ3n) is 12.6. The van der Waals surface area contributed by atoms with Crippen LogP contribution in [0.25, 0.3) is 93.2 Å². The molecule has 290 valence electrons. The molecule has 12 rings (SSSR count). The maximum atomic E-state index is 2.46. The SMILES string of the molecule is c1ccc(-c2ccc(-c3ccc(N(c4ccccc4)c4ccc(-c5cc6c7ccccc7c7c(c8ccccc8n7-c7ccccc7)c6c6ccccc56)cc4)cc3)cc2)cc1. The van der Waals surface area contributed by atoms with Crippen molar-refractivity contribution < 1.29 is 0 Å². The topological polar surface area (TPSA) is 8.17 Å². The van der Waals surface area contributed by atoms with Gasteiger partial charge < -0.3 is 9.47 Å². The van der Waals surface area contributed by atoms with E-state index in [1.54, 1.807) is 0 Å². The standard InChI is InChI=1S/C60H40N2/c1-4-16-41(17-5-1)42-28-30-43(31-29-42)44-32-36-48(37-33-44)61(46-18-6-2-7-19-46)49-38-34-45(35-39-49)55-40-56-51-23-11-13-25-53(51)60-59(58(56)52-24-12-10-22-50(52)55)54-26-14-15-27-57(54)62(60)47-20-8-3-9-21-47/h1-40H. The minimum absolute atomic E-state index is 1.10. The van der Waals surface area contributed by atoms with E-state index in [0.29, 0.717) is 0 Å². The molecule has 0 spiro atoms. The molecule has 1 heterocycles. The van der Waals surface area contributed by atoms with Crippen LogP contribution in [-0.4, -0.2) is 4.57 Å². The van der Waals surface area contributed by atoms with Crippen molar-refractivity contribution in [2.75, 3.05) is 4.90 Å². The molecule has 1 aromatic heterocycles. The van der Waals surface area contributed by atoms with Crippen LogP contribution >= 0.6 is 0 Å². The third-order valence-corrected chi connectivity index (χ3v) is 12.6. The lowest BCUT2D eigenvalue weighted by Crippen LogP contribution is -2.09. The summed E-state index contributed by atoms with van der Waals surface area (Å²) in [7, 11) is 0. The monoisotopic (exact) mass is 788 g/mol. The Balaban J connectivity index is 0.989. The first-order valence-corrected chi connectivity index (χ1v) is 21.3. The van der Waals surface area contributed by atoms with Crippen LogP contribution in [0, 0.1) is 0 Å². The number of aromatic nitrogens is 1. The van der Waals surface area contributed by atoms with E-state index < -0.39 is 0 Å². The lowest BCUT2D eigenvalue weighted by Gasteiger charge is -2.26. The molecule has 0 aliphatic carbocycles. The summed E-state index contributed by atoms with van der Waals surface area (Å²) in [5.74, 6) is 0. The predicted octanol–water partition coefficient (Wildman–Crippen LogP) is 16.7. The summed E-state index contributed by atoms with van der Waals surface area (Å²) >= 11 is 0. The van der Waals surface area contributed by atoms with Gasteiger partial charge in [-0.1, -0.05) is 182 Å². The molecule has 0 bridgehead atoms. The summed E-state index contributed by atoms with van der Waals surface area (Å²) in [6, 6.07) is 88.2. The number of rotatable bonds is 7. The van der Waals surface area contributed by atoms with Crippen molar-refractivity contribution in [2.24, 2.45) is 0 Å². The van der Waals surface area contributed by atoms with Crippen molar-refractivity contribution in [2.45, 2.75) is 0 Å². The second-order valence-electron chi connectivity index (χ2n) is 16.1. The minimum Gasteiger partial charge on any atom is -0.311 e. The van der Waals surface area contributed by atoms with Gasteiger partial charge in [0.2, 0.25) is 0 Å². The van der Waals surface area contributed by atoms with E-state index in [9.17, 15) is 0 Å². The molecule has 0 atom stereocenters. The van der Waals surface area contributed by atoms with Crippen molar-refractivity contribution in [3.8, 4) is 39.1 Å². The molecular formula is C60H40N2. The average molecular weight is 789 g/mol. The lowest BCUT2D eigenvalue weighted by atomic mass is 9.88. The molecule has 62 heavy (non-hydrogen) atoms. The first-order chi connectivity index (χ1) is 30.8. The zero-order chi connectivity index (χ0) is 41.0. The number of benzene rings is 11. The molecular weight excluding hydrogens is 749 g/mol. The zero-order valence-electron chi connectivity index (χ0n) is 34.0. The predicted molar refractivity (Wildman–Crippen MR) is 264 cm³/mol. The van der Waals surface area contributed by atoms with Crippen molar-refractivity contribution in [3.05, 3.63) is 243 Å². The van der Waals surface area contributed by atoms with Gasteiger partial charge in [-0.15, -0.1) is 0 Å². The van der Waals surface area contributed by atoms with E-state index in [2.05, 4.69) is 252 Å². The summed E-state index contributed by atoms with van der Waals surface area (Å²) in [6.07, 6.45) is 0. The molecule has 0 N–H and O–H groups in total. The number of nitrogens with zero attached hydrogens (tertiary/aromatic N) is 2. The van der Waals surface area contributed by atoms with Gasteiger partial charge in [0.05, 0.1) is 11.0 Å². The van der Waals surface area contributed by atoms with E-state index >= 15 is 0 Å². The Morgan fingerprint density at radius 3 is 1.34 bits per heavy atom. The second kappa shape index (κ2) is 14.8. The quantitative estimate of drug-likeness (QED) is 0.146. The van der Waals surface area contributed by atoms with E-state index in [4.69, 9.17) is 0 Å². The summed E-state index contributed by atoms with van der Waals surface area (Å²) < 4.78 is 2.46. The highest BCUT2D eigenvalue weighted by atomic mass is 15.1. The maximum absolute atomic E-state index is 2.46. The smallest absolute Gasteiger partial charge is 0.0626 e. The summed E-state index contributed by atoms with van der Waals surface area (Å²) in [5.41, 5.74) is 14.2. The number of fused-ring (bicyclic) bond motifs is 10. The summed E-state index contributed by atoms with van der Waals surface area (Å²) in [4.78, 5) is 2.34. The van der Waals surface area contributed by atoms with E-state index in [1.807, 2.05) is 0 Å². The molecule has 0 aliphatic rings. The Morgan fingerprint density at radius 2 is 0.710 bits per heavy atom.